The number of ether oxygens (including phenoxy) is 1. The Hall–Kier alpha value is -3.01. The number of rotatable bonds is 4. The topological polar surface area (TPSA) is 62.1 Å². The lowest BCUT2D eigenvalue weighted by Crippen LogP contribution is -2.30. The predicted molar refractivity (Wildman–Crippen MR) is 81.3 cm³/mol. The fraction of sp³-hybridized carbons (Fsp3) is 0.176. The Morgan fingerprint density at radius 3 is 2.46 bits per heavy atom. The summed E-state index contributed by atoms with van der Waals surface area (Å²) in [6.45, 7) is 1.47. The maximum atomic E-state index is 12.7. The summed E-state index contributed by atoms with van der Waals surface area (Å²) in [7, 11) is 0. The van der Waals surface area contributed by atoms with Crippen LogP contribution in [-0.4, -0.2) is 12.0 Å². The van der Waals surface area contributed by atoms with Crippen molar-refractivity contribution in [2.45, 2.75) is 19.2 Å². The van der Waals surface area contributed by atoms with Gasteiger partial charge in [-0.15, -0.1) is 0 Å². The third-order valence-electron chi connectivity index (χ3n) is 3.12. The van der Waals surface area contributed by atoms with E-state index in [9.17, 15) is 18.0 Å². The lowest BCUT2D eigenvalue weighted by molar-refractivity contribution is -0.137. The van der Waals surface area contributed by atoms with Crippen LogP contribution in [0.5, 0.6) is 5.75 Å². The lowest BCUT2D eigenvalue weighted by Gasteiger charge is -2.15. The fourth-order valence-electron chi connectivity index (χ4n) is 1.88. The Morgan fingerprint density at radius 2 is 1.88 bits per heavy atom. The highest BCUT2D eigenvalue weighted by Crippen LogP contribution is 2.30. The van der Waals surface area contributed by atoms with Crippen LogP contribution in [0, 0.1) is 11.3 Å². The summed E-state index contributed by atoms with van der Waals surface area (Å²) in [6.07, 6.45) is -5.40. The van der Waals surface area contributed by atoms with Crippen LogP contribution >= 0.6 is 0 Å². The number of hydrogen-bond donors (Lipinski definition) is 1. The molecule has 124 valence electrons. The molecule has 0 heterocycles. The van der Waals surface area contributed by atoms with Gasteiger partial charge in [0.05, 0.1) is 17.2 Å². The van der Waals surface area contributed by atoms with Crippen LogP contribution in [0.15, 0.2) is 48.5 Å². The summed E-state index contributed by atoms with van der Waals surface area (Å²) in [5.41, 5.74) is -0.366. The fourth-order valence-corrected chi connectivity index (χ4v) is 1.88. The minimum absolute atomic E-state index is 0.0325. The largest absolute Gasteiger partial charge is 0.481 e. The van der Waals surface area contributed by atoms with Gasteiger partial charge < -0.3 is 10.1 Å². The van der Waals surface area contributed by atoms with Gasteiger partial charge >= 0.3 is 6.18 Å². The van der Waals surface area contributed by atoms with E-state index in [4.69, 9.17) is 10.00 Å². The van der Waals surface area contributed by atoms with Crippen molar-refractivity contribution in [3.05, 3.63) is 59.7 Å². The number of hydrogen-bond acceptors (Lipinski definition) is 3. The molecule has 2 aromatic rings. The zero-order chi connectivity index (χ0) is 17.7. The molecule has 2 rings (SSSR count). The number of halogens is 3. The van der Waals surface area contributed by atoms with E-state index in [0.717, 1.165) is 12.1 Å². The van der Waals surface area contributed by atoms with Crippen molar-refractivity contribution in [2.24, 2.45) is 0 Å². The molecule has 0 aliphatic heterocycles. The second-order valence-electron chi connectivity index (χ2n) is 4.96. The van der Waals surface area contributed by atoms with E-state index < -0.39 is 23.8 Å². The number of carbonyl (C=O) groups excluding carboxylic acids is 1. The van der Waals surface area contributed by atoms with Gasteiger partial charge in [-0.25, -0.2) is 0 Å². The van der Waals surface area contributed by atoms with Crippen LogP contribution in [0.1, 0.15) is 18.1 Å². The number of nitriles is 1. The highest BCUT2D eigenvalue weighted by Gasteiger charge is 2.30. The maximum Gasteiger partial charge on any atom is 0.416 e. The van der Waals surface area contributed by atoms with Gasteiger partial charge in [-0.3, -0.25) is 4.79 Å². The van der Waals surface area contributed by atoms with Gasteiger partial charge in [-0.2, -0.15) is 18.4 Å². The third-order valence-corrected chi connectivity index (χ3v) is 3.12. The first kappa shape index (κ1) is 17.3. The first-order valence-electron chi connectivity index (χ1n) is 6.94. The van der Waals surface area contributed by atoms with E-state index >= 15 is 0 Å². The summed E-state index contributed by atoms with van der Waals surface area (Å²) >= 11 is 0. The average Bonchev–Trinajstić information content (AvgIpc) is 2.55. The normalized spacial score (nSPS) is 12.1. The van der Waals surface area contributed by atoms with Crippen molar-refractivity contribution < 1.29 is 22.7 Å². The summed E-state index contributed by atoms with van der Waals surface area (Å²) in [4.78, 5) is 12.0. The molecule has 0 saturated carbocycles. The molecule has 0 spiro atoms. The van der Waals surface area contributed by atoms with E-state index in [-0.39, 0.29) is 5.69 Å². The van der Waals surface area contributed by atoms with Crippen molar-refractivity contribution in [3.63, 3.8) is 0 Å². The van der Waals surface area contributed by atoms with Gasteiger partial charge in [0.1, 0.15) is 5.75 Å². The van der Waals surface area contributed by atoms with E-state index in [2.05, 4.69) is 5.32 Å². The van der Waals surface area contributed by atoms with Gasteiger partial charge in [-0.1, -0.05) is 6.07 Å². The van der Waals surface area contributed by atoms with Crippen LogP contribution < -0.4 is 10.1 Å². The van der Waals surface area contributed by atoms with Gasteiger partial charge in [-0.05, 0) is 49.4 Å². The minimum atomic E-state index is -4.48. The van der Waals surface area contributed by atoms with E-state index in [1.807, 2.05) is 6.07 Å². The van der Waals surface area contributed by atoms with E-state index in [1.165, 1.54) is 43.3 Å². The molecule has 1 N–H and O–H groups in total. The Bertz CT molecular complexity index is 765. The number of amides is 1. The van der Waals surface area contributed by atoms with Crippen molar-refractivity contribution in [2.75, 3.05) is 5.32 Å². The lowest BCUT2D eigenvalue weighted by atomic mass is 10.2. The van der Waals surface area contributed by atoms with E-state index in [0.29, 0.717) is 11.3 Å². The second-order valence-corrected chi connectivity index (χ2v) is 4.96. The Balaban J connectivity index is 2.02. The van der Waals surface area contributed by atoms with Crippen LogP contribution in [0.2, 0.25) is 0 Å². The Morgan fingerprint density at radius 1 is 1.21 bits per heavy atom. The molecule has 4 nitrogen and oxygen atoms in total. The number of nitrogens with one attached hydrogen (secondary N) is 1. The molecule has 0 aliphatic rings. The highest BCUT2D eigenvalue weighted by atomic mass is 19.4. The molecule has 0 bridgehead atoms. The zero-order valence-electron chi connectivity index (χ0n) is 12.6. The molecule has 1 unspecified atom stereocenters. The molecule has 2 aromatic carbocycles. The minimum Gasteiger partial charge on any atom is -0.481 e. The monoisotopic (exact) mass is 334 g/mol. The quantitative estimate of drug-likeness (QED) is 0.920. The molecular formula is C17H13F3N2O2. The number of carbonyl (C=O) groups is 1. The number of alkyl halides is 3. The predicted octanol–water partition coefficient (Wildman–Crippen LogP) is 3.98. The van der Waals surface area contributed by atoms with Gasteiger partial charge in [0.15, 0.2) is 6.10 Å². The molecule has 7 heteroatoms. The van der Waals surface area contributed by atoms with Crippen molar-refractivity contribution in [1.82, 2.24) is 0 Å². The smallest absolute Gasteiger partial charge is 0.416 e. The SMILES string of the molecule is CC(Oc1ccc(C#N)cc1)C(=O)Nc1cccc(C(F)(F)F)c1. The van der Waals surface area contributed by atoms with Crippen molar-refractivity contribution in [3.8, 4) is 11.8 Å². The highest BCUT2D eigenvalue weighted by molar-refractivity contribution is 5.94. The molecular weight excluding hydrogens is 321 g/mol. The zero-order valence-corrected chi connectivity index (χ0v) is 12.6. The average molecular weight is 334 g/mol. The number of benzene rings is 2. The Kier molecular flexibility index (Phi) is 5.09. The molecule has 0 aliphatic carbocycles. The molecule has 1 atom stereocenters. The molecule has 0 radical (unpaired) electrons. The second kappa shape index (κ2) is 7.04. The van der Waals surface area contributed by atoms with Gasteiger partial charge in [0.25, 0.3) is 5.91 Å². The van der Waals surface area contributed by atoms with Crippen LogP contribution in [0.3, 0.4) is 0 Å². The Labute approximate surface area is 136 Å². The number of nitrogens with zero attached hydrogens (tertiary/aromatic N) is 1. The summed E-state index contributed by atoms with van der Waals surface area (Å²) in [6, 6.07) is 12.4. The molecule has 0 saturated heterocycles. The summed E-state index contributed by atoms with van der Waals surface area (Å²) < 4.78 is 43.4. The molecule has 24 heavy (non-hydrogen) atoms. The first-order valence-corrected chi connectivity index (χ1v) is 6.94. The van der Waals surface area contributed by atoms with E-state index in [1.54, 1.807) is 0 Å². The third kappa shape index (κ3) is 4.49. The van der Waals surface area contributed by atoms with Crippen LogP contribution in [0.25, 0.3) is 0 Å². The molecule has 1 amide bonds. The van der Waals surface area contributed by atoms with Gasteiger partial charge in [0.2, 0.25) is 0 Å². The van der Waals surface area contributed by atoms with Crippen LogP contribution in [0.4, 0.5) is 18.9 Å². The standard InChI is InChI=1S/C17H13F3N2O2/c1-11(24-15-7-5-12(10-21)6-8-15)16(23)22-14-4-2-3-13(9-14)17(18,19)20/h2-9,11H,1H3,(H,22,23). The molecule has 0 fully saturated rings. The maximum absolute atomic E-state index is 12.7. The van der Waals surface area contributed by atoms with Crippen molar-refractivity contribution in [1.29, 1.82) is 5.26 Å². The van der Waals surface area contributed by atoms with Crippen LogP contribution in [-0.2, 0) is 11.0 Å². The first-order chi connectivity index (χ1) is 11.3. The number of anilines is 1. The molecule has 0 aromatic heterocycles. The summed E-state index contributed by atoms with van der Waals surface area (Å²) in [5, 5.41) is 11.1. The summed E-state index contributed by atoms with van der Waals surface area (Å²) in [5.74, 6) is -0.209. The van der Waals surface area contributed by atoms with Gasteiger partial charge in [0, 0.05) is 5.69 Å². The van der Waals surface area contributed by atoms with Crippen molar-refractivity contribution >= 4 is 11.6 Å².